The summed E-state index contributed by atoms with van der Waals surface area (Å²) in [5.41, 5.74) is 1.90. The van der Waals surface area contributed by atoms with Crippen molar-refractivity contribution in [3.63, 3.8) is 0 Å². The van der Waals surface area contributed by atoms with Crippen LogP contribution in [0.1, 0.15) is 11.1 Å². The minimum Gasteiger partial charge on any atom is -0.347 e. The van der Waals surface area contributed by atoms with E-state index in [4.69, 9.17) is 16.9 Å². The third kappa shape index (κ3) is 5.13. The van der Waals surface area contributed by atoms with Gasteiger partial charge in [0.15, 0.2) is 0 Å². The lowest BCUT2D eigenvalue weighted by Gasteiger charge is -2.05. The summed E-state index contributed by atoms with van der Waals surface area (Å²) >= 11 is 5.80. The van der Waals surface area contributed by atoms with Crippen LogP contribution < -0.4 is 10.6 Å². The van der Waals surface area contributed by atoms with Crippen molar-refractivity contribution in [2.45, 2.75) is 13.5 Å². The normalized spacial score (nSPS) is 10.7. The number of carbonyl (C=O) groups excluding carboxylic acids is 1. The Morgan fingerprint density at radius 3 is 2.74 bits per heavy atom. The van der Waals surface area contributed by atoms with Crippen LogP contribution in [0.4, 0.5) is 5.82 Å². The summed E-state index contributed by atoms with van der Waals surface area (Å²) in [7, 11) is 0. The molecule has 116 valence electrons. The topological polar surface area (TPSA) is 77.8 Å². The summed E-state index contributed by atoms with van der Waals surface area (Å²) in [6.07, 6.45) is 3.00. The number of hydrogen-bond donors (Lipinski definition) is 2. The van der Waals surface area contributed by atoms with Gasteiger partial charge in [-0.15, -0.1) is 0 Å². The Hall–Kier alpha value is -2.84. The Bertz CT molecular complexity index is 763. The highest BCUT2D eigenvalue weighted by atomic mass is 35.5. The minimum atomic E-state index is -0.456. The van der Waals surface area contributed by atoms with Crippen molar-refractivity contribution >= 4 is 23.3 Å². The third-order valence-corrected chi connectivity index (χ3v) is 3.26. The standard InChI is InChI=1S/C17H15ClN4O/c1-12-6-7-20-16(8-12)21-11-14(9-19)17(23)22-10-13-2-4-15(18)5-3-13/h2-8,11H,10H2,1H3,(H,20,21)(H,22,23)/b14-11-. The molecule has 1 aromatic heterocycles. The maximum absolute atomic E-state index is 12.0. The first-order valence-electron chi connectivity index (χ1n) is 6.90. The SMILES string of the molecule is Cc1ccnc(N/C=C(/C#N)C(=O)NCc2ccc(Cl)cc2)c1. The van der Waals surface area contributed by atoms with Gasteiger partial charge >= 0.3 is 0 Å². The minimum absolute atomic E-state index is 0.0257. The van der Waals surface area contributed by atoms with Crippen LogP contribution in [0.2, 0.25) is 5.02 Å². The number of amides is 1. The Kier molecular flexibility index (Phi) is 5.73. The van der Waals surface area contributed by atoms with Crippen LogP contribution in [-0.4, -0.2) is 10.9 Å². The van der Waals surface area contributed by atoms with Gasteiger partial charge in [-0.1, -0.05) is 23.7 Å². The number of nitriles is 1. The molecule has 0 aliphatic heterocycles. The molecule has 23 heavy (non-hydrogen) atoms. The third-order valence-electron chi connectivity index (χ3n) is 3.01. The summed E-state index contributed by atoms with van der Waals surface area (Å²) in [5, 5.41) is 15.3. The first-order valence-corrected chi connectivity index (χ1v) is 7.28. The van der Waals surface area contributed by atoms with Crippen LogP contribution in [0.3, 0.4) is 0 Å². The lowest BCUT2D eigenvalue weighted by atomic mass is 10.2. The lowest BCUT2D eigenvalue weighted by Crippen LogP contribution is -2.24. The summed E-state index contributed by atoms with van der Waals surface area (Å²) in [6, 6.07) is 12.7. The fourth-order valence-corrected chi connectivity index (χ4v) is 1.92. The molecule has 1 amide bonds. The van der Waals surface area contributed by atoms with E-state index in [1.165, 1.54) is 6.20 Å². The molecule has 0 fully saturated rings. The number of rotatable bonds is 5. The van der Waals surface area contributed by atoms with Gasteiger partial charge in [-0.25, -0.2) is 4.98 Å². The number of halogens is 1. The molecule has 0 aliphatic rings. The lowest BCUT2D eigenvalue weighted by molar-refractivity contribution is -0.117. The molecule has 0 saturated heterocycles. The van der Waals surface area contributed by atoms with Gasteiger partial charge in [-0.05, 0) is 42.3 Å². The summed E-state index contributed by atoms with van der Waals surface area (Å²) in [4.78, 5) is 16.1. The van der Waals surface area contributed by atoms with Crippen molar-refractivity contribution in [1.29, 1.82) is 5.26 Å². The average Bonchev–Trinajstić information content (AvgIpc) is 2.55. The van der Waals surface area contributed by atoms with Crippen molar-refractivity contribution in [3.05, 3.63) is 70.5 Å². The first-order chi connectivity index (χ1) is 11.1. The molecule has 0 radical (unpaired) electrons. The predicted octanol–water partition coefficient (Wildman–Crippen LogP) is 3.18. The molecular formula is C17H15ClN4O. The largest absolute Gasteiger partial charge is 0.347 e. The molecule has 0 bridgehead atoms. The van der Waals surface area contributed by atoms with Gasteiger partial charge in [-0.3, -0.25) is 4.79 Å². The van der Waals surface area contributed by atoms with Crippen LogP contribution in [0.25, 0.3) is 0 Å². The van der Waals surface area contributed by atoms with Gasteiger partial charge < -0.3 is 10.6 Å². The quantitative estimate of drug-likeness (QED) is 0.653. The molecule has 0 aliphatic carbocycles. The molecule has 2 N–H and O–H groups in total. The molecule has 0 spiro atoms. The monoisotopic (exact) mass is 326 g/mol. The van der Waals surface area contributed by atoms with E-state index in [-0.39, 0.29) is 5.57 Å². The van der Waals surface area contributed by atoms with E-state index in [1.807, 2.05) is 37.3 Å². The van der Waals surface area contributed by atoms with E-state index in [9.17, 15) is 4.79 Å². The number of carbonyl (C=O) groups is 1. The second-order valence-electron chi connectivity index (χ2n) is 4.84. The fraction of sp³-hybridized carbons (Fsp3) is 0.118. The smallest absolute Gasteiger partial charge is 0.263 e. The van der Waals surface area contributed by atoms with Gasteiger partial charge in [0, 0.05) is 24.0 Å². The first kappa shape index (κ1) is 16.5. The van der Waals surface area contributed by atoms with Crippen LogP contribution in [-0.2, 0) is 11.3 Å². The maximum atomic E-state index is 12.0. The number of pyridine rings is 1. The molecule has 0 saturated carbocycles. The van der Waals surface area contributed by atoms with Crippen LogP contribution in [0.15, 0.2) is 54.4 Å². The molecule has 0 unspecified atom stereocenters. The van der Waals surface area contributed by atoms with Gasteiger partial charge in [0.1, 0.15) is 17.5 Å². The number of nitrogens with one attached hydrogen (secondary N) is 2. The van der Waals surface area contributed by atoms with E-state index in [2.05, 4.69) is 15.6 Å². The van der Waals surface area contributed by atoms with E-state index in [0.29, 0.717) is 17.4 Å². The van der Waals surface area contributed by atoms with E-state index < -0.39 is 5.91 Å². The predicted molar refractivity (Wildman–Crippen MR) is 89.6 cm³/mol. The van der Waals surface area contributed by atoms with Crippen LogP contribution in [0.5, 0.6) is 0 Å². The molecule has 2 aromatic rings. The molecule has 5 nitrogen and oxygen atoms in total. The van der Waals surface area contributed by atoms with Crippen molar-refractivity contribution in [2.24, 2.45) is 0 Å². The van der Waals surface area contributed by atoms with Crippen molar-refractivity contribution in [3.8, 4) is 6.07 Å². The van der Waals surface area contributed by atoms with Crippen molar-refractivity contribution < 1.29 is 4.79 Å². The zero-order valence-electron chi connectivity index (χ0n) is 12.5. The molecule has 2 rings (SSSR count). The molecule has 1 aromatic carbocycles. The van der Waals surface area contributed by atoms with Crippen molar-refractivity contribution in [2.75, 3.05) is 5.32 Å². The molecule has 0 atom stereocenters. The Morgan fingerprint density at radius 1 is 1.35 bits per heavy atom. The van der Waals surface area contributed by atoms with Gasteiger partial charge in [-0.2, -0.15) is 5.26 Å². The van der Waals surface area contributed by atoms with Gasteiger partial charge in [0.25, 0.3) is 5.91 Å². The number of nitrogens with zero attached hydrogens (tertiary/aromatic N) is 2. The molecule has 1 heterocycles. The zero-order chi connectivity index (χ0) is 16.7. The number of aryl methyl sites for hydroxylation is 1. The second-order valence-corrected chi connectivity index (χ2v) is 5.28. The summed E-state index contributed by atoms with van der Waals surface area (Å²) < 4.78 is 0. The Balaban J connectivity index is 1.96. The second kappa shape index (κ2) is 7.97. The fourth-order valence-electron chi connectivity index (χ4n) is 1.79. The Morgan fingerprint density at radius 2 is 2.09 bits per heavy atom. The highest BCUT2D eigenvalue weighted by Gasteiger charge is 2.08. The highest BCUT2D eigenvalue weighted by Crippen LogP contribution is 2.09. The number of hydrogen-bond acceptors (Lipinski definition) is 4. The Labute approximate surface area is 139 Å². The number of benzene rings is 1. The van der Waals surface area contributed by atoms with Crippen LogP contribution in [0, 0.1) is 18.3 Å². The maximum Gasteiger partial charge on any atom is 0.263 e. The van der Waals surface area contributed by atoms with Crippen LogP contribution >= 0.6 is 11.6 Å². The summed E-state index contributed by atoms with van der Waals surface area (Å²) in [6.45, 7) is 2.25. The average molecular weight is 327 g/mol. The van der Waals surface area contributed by atoms with Gasteiger partial charge in [0.2, 0.25) is 0 Å². The molecule has 6 heteroatoms. The number of aromatic nitrogens is 1. The highest BCUT2D eigenvalue weighted by molar-refractivity contribution is 6.30. The van der Waals surface area contributed by atoms with Gasteiger partial charge in [0.05, 0.1) is 0 Å². The van der Waals surface area contributed by atoms with E-state index in [0.717, 1.165) is 11.1 Å². The number of anilines is 1. The van der Waals surface area contributed by atoms with E-state index >= 15 is 0 Å². The molecular weight excluding hydrogens is 312 g/mol. The van der Waals surface area contributed by atoms with E-state index in [1.54, 1.807) is 18.3 Å². The summed E-state index contributed by atoms with van der Waals surface area (Å²) in [5.74, 6) is 0.117. The zero-order valence-corrected chi connectivity index (χ0v) is 13.3. The van der Waals surface area contributed by atoms with Crippen molar-refractivity contribution in [1.82, 2.24) is 10.3 Å².